The first kappa shape index (κ1) is 17.7. The molecular formula is C19H18N2O5. The van der Waals surface area contributed by atoms with Crippen molar-refractivity contribution < 1.29 is 18.7 Å². The lowest BCUT2D eigenvalue weighted by atomic mass is 9.98. The first-order valence-electron chi connectivity index (χ1n) is 8.26. The van der Waals surface area contributed by atoms with Gasteiger partial charge < -0.3 is 14.5 Å². The van der Waals surface area contributed by atoms with Gasteiger partial charge in [-0.25, -0.2) is 4.79 Å². The molecule has 26 heavy (non-hydrogen) atoms. The highest BCUT2D eigenvalue weighted by Crippen LogP contribution is 2.39. The van der Waals surface area contributed by atoms with Crippen molar-refractivity contribution in [3.63, 3.8) is 0 Å². The van der Waals surface area contributed by atoms with Crippen molar-refractivity contribution in [3.8, 4) is 6.07 Å². The number of carbonyl (C=O) groups excluding carboxylic acids is 2. The second kappa shape index (κ2) is 6.64. The number of fused-ring (bicyclic) bond motifs is 1. The van der Waals surface area contributed by atoms with E-state index in [0.29, 0.717) is 5.39 Å². The quantitative estimate of drug-likeness (QED) is 0.823. The fourth-order valence-electron chi connectivity index (χ4n) is 2.78. The van der Waals surface area contributed by atoms with Crippen molar-refractivity contribution in [1.82, 2.24) is 5.32 Å². The van der Waals surface area contributed by atoms with Crippen LogP contribution in [0.5, 0.6) is 0 Å². The van der Waals surface area contributed by atoms with Gasteiger partial charge in [0.2, 0.25) is 5.76 Å². The Labute approximate surface area is 149 Å². The molecule has 1 aromatic heterocycles. The highest BCUT2D eigenvalue weighted by molar-refractivity contribution is 5.91. The third-order valence-corrected chi connectivity index (χ3v) is 4.44. The number of ether oxygens (including phenoxy) is 1. The maximum Gasteiger partial charge on any atom is 0.374 e. The maximum absolute atomic E-state index is 12.1. The van der Waals surface area contributed by atoms with Crippen LogP contribution in [0.2, 0.25) is 0 Å². The molecule has 1 atom stereocenters. The lowest BCUT2D eigenvalue weighted by Crippen LogP contribution is -2.48. The fourth-order valence-corrected chi connectivity index (χ4v) is 2.78. The average molecular weight is 354 g/mol. The average Bonchev–Trinajstić information content (AvgIpc) is 3.45. The van der Waals surface area contributed by atoms with Crippen LogP contribution in [0, 0.1) is 24.2 Å². The van der Waals surface area contributed by atoms with Crippen LogP contribution in [0.25, 0.3) is 11.0 Å². The number of nitriles is 1. The zero-order valence-electron chi connectivity index (χ0n) is 14.5. The summed E-state index contributed by atoms with van der Waals surface area (Å²) in [5, 5.41) is 12.2. The highest BCUT2D eigenvalue weighted by atomic mass is 16.5. The Kier molecular flexibility index (Phi) is 4.51. The van der Waals surface area contributed by atoms with E-state index in [9.17, 15) is 19.6 Å². The Balaban J connectivity index is 1.68. The Morgan fingerprint density at radius 3 is 2.77 bits per heavy atom. The topological polar surface area (TPSA) is 109 Å². The summed E-state index contributed by atoms with van der Waals surface area (Å²) >= 11 is 0. The summed E-state index contributed by atoms with van der Waals surface area (Å²) in [5.41, 5.74) is -0.160. The number of amides is 1. The van der Waals surface area contributed by atoms with E-state index in [1.165, 1.54) is 0 Å². The van der Waals surface area contributed by atoms with Gasteiger partial charge in [0, 0.05) is 6.07 Å². The van der Waals surface area contributed by atoms with Crippen LogP contribution < -0.4 is 10.7 Å². The van der Waals surface area contributed by atoms with Crippen molar-refractivity contribution >= 4 is 22.8 Å². The Morgan fingerprint density at radius 1 is 1.38 bits per heavy atom. The number of esters is 1. The summed E-state index contributed by atoms with van der Waals surface area (Å²) in [5.74, 6) is -1.64. The minimum absolute atomic E-state index is 0.120. The molecule has 1 fully saturated rings. The third-order valence-electron chi connectivity index (χ3n) is 4.44. The number of benzene rings is 1. The van der Waals surface area contributed by atoms with Crippen LogP contribution in [-0.4, -0.2) is 24.0 Å². The van der Waals surface area contributed by atoms with Crippen LogP contribution in [0.15, 0.2) is 33.5 Å². The van der Waals surface area contributed by atoms with Crippen LogP contribution in [-0.2, 0) is 9.53 Å². The predicted molar refractivity (Wildman–Crippen MR) is 92.4 cm³/mol. The van der Waals surface area contributed by atoms with E-state index in [1.54, 1.807) is 25.1 Å². The summed E-state index contributed by atoms with van der Waals surface area (Å²) < 4.78 is 10.3. The molecule has 0 aliphatic heterocycles. The SMILES string of the molecule is Cc1ccc2oc(C(=O)OCC(=O)N[C@](C)(C#N)C3CC3)cc(=O)c2c1. The monoisotopic (exact) mass is 354 g/mol. The van der Waals surface area contributed by atoms with Crippen molar-refractivity contribution in [3.05, 3.63) is 45.8 Å². The highest BCUT2D eigenvalue weighted by Gasteiger charge is 2.43. The van der Waals surface area contributed by atoms with Gasteiger partial charge in [-0.15, -0.1) is 0 Å². The molecule has 0 radical (unpaired) electrons. The van der Waals surface area contributed by atoms with Gasteiger partial charge >= 0.3 is 5.97 Å². The molecule has 1 aliphatic rings. The number of nitrogens with one attached hydrogen (secondary N) is 1. The fraction of sp³-hybridized carbons (Fsp3) is 0.368. The normalized spacial score (nSPS) is 15.7. The lowest BCUT2D eigenvalue weighted by Gasteiger charge is -2.22. The molecule has 0 unspecified atom stereocenters. The van der Waals surface area contributed by atoms with E-state index < -0.39 is 24.0 Å². The molecule has 0 saturated heterocycles. The predicted octanol–water partition coefficient (Wildman–Crippen LogP) is 2.07. The lowest BCUT2D eigenvalue weighted by molar-refractivity contribution is -0.125. The third kappa shape index (κ3) is 3.59. The van der Waals surface area contributed by atoms with Crippen LogP contribution in [0.1, 0.15) is 35.9 Å². The smallest absolute Gasteiger partial charge is 0.374 e. The molecule has 0 spiro atoms. The molecule has 1 aliphatic carbocycles. The molecule has 0 bridgehead atoms. The molecule has 134 valence electrons. The molecule has 2 aromatic rings. The van der Waals surface area contributed by atoms with Crippen molar-refractivity contribution in [1.29, 1.82) is 5.26 Å². The van der Waals surface area contributed by atoms with Crippen LogP contribution in [0.3, 0.4) is 0 Å². The first-order valence-corrected chi connectivity index (χ1v) is 8.26. The largest absolute Gasteiger partial charge is 0.450 e. The molecule has 1 heterocycles. The van der Waals surface area contributed by atoms with Gasteiger partial charge in [0.15, 0.2) is 12.0 Å². The van der Waals surface area contributed by atoms with Crippen molar-refractivity contribution in [2.45, 2.75) is 32.2 Å². The summed E-state index contributed by atoms with van der Waals surface area (Å²) in [6, 6.07) is 8.17. The molecule has 1 N–H and O–H groups in total. The molecule has 3 rings (SSSR count). The number of rotatable bonds is 5. The molecule has 7 nitrogen and oxygen atoms in total. The van der Waals surface area contributed by atoms with E-state index in [2.05, 4.69) is 11.4 Å². The standard InChI is InChI=1S/C19H18N2O5/c1-11-3-6-15-13(7-11)14(22)8-16(26-15)18(24)25-9-17(23)21-19(2,10-20)12-4-5-12/h3,6-8,12H,4-5,9H2,1-2H3,(H,21,23)/t19-/m1/s1. The number of hydrogen-bond acceptors (Lipinski definition) is 6. The van der Waals surface area contributed by atoms with E-state index in [-0.39, 0.29) is 22.7 Å². The molecular weight excluding hydrogens is 336 g/mol. The molecule has 1 saturated carbocycles. The summed E-state index contributed by atoms with van der Waals surface area (Å²) in [7, 11) is 0. The minimum atomic E-state index is -0.961. The number of hydrogen-bond donors (Lipinski definition) is 1. The molecule has 7 heteroatoms. The van der Waals surface area contributed by atoms with Gasteiger partial charge in [0.25, 0.3) is 5.91 Å². The van der Waals surface area contributed by atoms with E-state index in [1.807, 2.05) is 6.92 Å². The molecule has 1 aromatic carbocycles. The van der Waals surface area contributed by atoms with Crippen molar-refractivity contribution in [2.75, 3.05) is 6.61 Å². The van der Waals surface area contributed by atoms with Gasteiger partial charge in [0.1, 0.15) is 11.1 Å². The second-order valence-corrected chi connectivity index (χ2v) is 6.69. The van der Waals surface area contributed by atoms with Crippen LogP contribution in [0.4, 0.5) is 0 Å². The van der Waals surface area contributed by atoms with E-state index in [0.717, 1.165) is 24.5 Å². The number of carbonyl (C=O) groups is 2. The van der Waals surface area contributed by atoms with Gasteiger partial charge in [-0.05, 0) is 44.7 Å². The number of aryl methyl sites for hydroxylation is 1. The maximum atomic E-state index is 12.1. The zero-order valence-corrected chi connectivity index (χ0v) is 14.5. The first-order chi connectivity index (χ1) is 12.3. The summed E-state index contributed by atoms with van der Waals surface area (Å²) in [6.07, 6.45) is 1.76. The van der Waals surface area contributed by atoms with Gasteiger partial charge in [-0.3, -0.25) is 9.59 Å². The van der Waals surface area contributed by atoms with E-state index in [4.69, 9.17) is 9.15 Å². The van der Waals surface area contributed by atoms with Gasteiger partial charge in [-0.2, -0.15) is 5.26 Å². The Bertz CT molecular complexity index is 984. The Morgan fingerprint density at radius 2 is 2.12 bits per heavy atom. The molecule has 1 amide bonds. The van der Waals surface area contributed by atoms with Crippen molar-refractivity contribution in [2.24, 2.45) is 5.92 Å². The van der Waals surface area contributed by atoms with Gasteiger partial charge in [-0.1, -0.05) is 11.6 Å². The van der Waals surface area contributed by atoms with Gasteiger partial charge in [0.05, 0.1) is 11.5 Å². The number of nitrogens with zero attached hydrogens (tertiary/aromatic N) is 1. The van der Waals surface area contributed by atoms with E-state index >= 15 is 0 Å². The summed E-state index contributed by atoms with van der Waals surface area (Å²) in [6.45, 7) is 2.93. The Hall–Kier alpha value is -3.14. The zero-order chi connectivity index (χ0) is 18.9. The second-order valence-electron chi connectivity index (χ2n) is 6.69. The van der Waals surface area contributed by atoms with Crippen LogP contribution >= 0.6 is 0 Å². The minimum Gasteiger partial charge on any atom is -0.450 e. The summed E-state index contributed by atoms with van der Waals surface area (Å²) in [4.78, 5) is 36.2.